The fraction of sp³-hybridized carbons (Fsp3) is 0.0714. The van der Waals surface area contributed by atoms with Crippen molar-refractivity contribution in [1.82, 2.24) is 9.38 Å². The van der Waals surface area contributed by atoms with Gasteiger partial charge in [0.15, 0.2) is 0 Å². The smallest absolute Gasteiger partial charge is 0.306 e. The third kappa shape index (κ3) is 2.19. The van der Waals surface area contributed by atoms with Crippen LogP contribution in [0.5, 0.6) is 0 Å². The van der Waals surface area contributed by atoms with Crippen LogP contribution < -0.4 is 0 Å². The molecular weight excluding hydrogens is 253 g/mol. The topological polar surface area (TPSA) is 17.3 Å². The van der Waals surface area contributed by atoms with E-state index in [4.69, 9.17) is 0 Å². The lowest BCUT2D eigenvalue weighted by atomic mass is 10.1. The number of rotatable bonds is 1. The summed E-state index contributed by atoms with van der Waals surface area (Å²) in [6, 6.07) is 8.86. The molecule has 2 nitrogen and oxygen atoms in total. The van der Waals surface area contributed by atoms with Crippen LogP contribution >= 0.6 is 0 Å². The number of imidazole rings is 1. The largest absolute Gasteiger partial charge is 0.416 e. The van der Waals surface area contributed by atoms with E-state index in [0.717, 1.165) is 28.8 Å². The van der Waals surface area contributed by atoms with Crippen molar-refractivity contribution < 1.29 is 13.2 Å². The highest BCUT2D eigenvalue weighted by Crippen LogP contribution is 2.30. The normalized spacial score (nSPS) is 11.9. The molecule has 3 rings (SSSR count). The standard InChI is InChI=1S/C14H9F3N2/c15-14(16,17)12-4-1-10(2-5-12)11-3-6-13-7-18-9-19(13)8-11/h1-9H. The van der Waals surface area contributed by atoms with E-state index < -0.39 is 11.7 Å². The number of pyridine rings is 1. The van der Waals surface area contributed by atoms with Crippen molar-refractivity contribution in [2.75, 3.05) is 0 Å². The second-order valence-corrected chi connectivity index (χ2v) is 4.22. The fourth-order valence-electron chi connectivity index (χ4n) is 1.94. The number of nitrogens with zero attached hydrogens (tertiary/aromatic N) is 2. The van der Waals surface area contributed by atoms with Gasteiger partial charge in [-0.15, -0.1) is 0 Å². The van der Waals surface area contributed by atoms with Crippen LogP contribution in [0.4, 0.5) is 13.2 Å². The molecule has 0 saturated carbocycles. The number of fused-ring (bicyclic) bond motifs is 1. The van der Waals surface area contributed by atoms with Crippen molar-refractivity contribution in [1.29, 1.82) is 0 Å². The molecular formula is C14H9F3N2. The van der Waals surface area contributed by atoms with Crippen molar-refractivity contribution in [3.63, 3.8) is 0 Å². The van der Waals surface area contributed by atoms with Crippen LogP contribution in [-0.2, 0) is 6.18 Å². The third-order valence-electron chi connectivity index (χ3n) is 2.95. The Kier molecular flexibility index (Phi) is 2.55. The molecule has 0 N–H and O–H groups in total. The van der Waals surface area contributed by atoms with Gasteiger partial charge in [-0.1, -0.05) is 18.2 Å². The summed E-state index contributed by atoms with van der Waals surface area (Å²) in [5.74, 6) is 0. The predicted molar refractivity (Wildman–Crippen MR) is 65.6 cm³/mol. The van der Waals surface area contributed by atoms with Gasteiger partial charge in [0.25, 0.3) is 0 Å². The molecule has 0 atom stereocenters. The first-order valence-corrected chi connectivity index (χ1v) is 5.63. The molecule has 0 aliphatic carbocycles. The summed E-state index contributed by atoms with van der Waals surface area (Å²) in [4.78, 5) is 4.00. The molecule has 0 amide bonds. The maximum absolute atomic E-state index is 12.5. The van der Waals surface area contributed by atoms with Gasteiger partial charge in [0.05, 0.1) is 23.6 Å². The SMILES string of the molecule is FC(F)(F)c1ccc(-c2ccc3cncn3c2)cc1. The van der Waals surface area contributed by atoms with Gasteiger partial charge in [0.1, 0.15) is 0 Å². The van der Waals surface area contributed by atoms with Crippen molar-refractivity contribution in [3.05, 3.63) is 60.7 Å². The molecule has 2 aromatic heterocycles. The third-order valence-corrected chi connectivity index (χ3v) is 2.95. The number of hydrogen-bond donors (Lipinski definition) is 0. The van der Waals surface area contributed by atoms with Crippen LogP contribution in [0.2, 0.25) is 0 Å². The second kappa shape index (κ2) is 4.12. The minimum atomic E-state index is -4.30. The first-order chi connectivity index (χ1) is 9.04. The van der Waals surface area contributed by atoms with Crippen LogP contribution in [0.1, 0.15) is 5.56 Å². The average Bonchev–Trinajstić information content (AvgIpc) is 2.85. The molecule has 2 heterocycles. The first kappa shape index (κ1) is 11.8. The van der Waals surface area contributed by atoms with Crippen molar-refractivity contribution >= 4 is 5.52 Å². The predicted octanol–water partition coefficient (Wildman–Crippen LogP) is 4.02. The zero-order valence-electron chi connectivity index (χ0n) is 9.72. The maximum Gasteiger partial charge on any atom is 0.416 e. The number of aromatic nitrogens is 2. The summed E-state index contributed by atoms with van der Waals surface area (Å²) in [7, 11) is 0. The highest BCUT2D eigenvalue weighted by molar-refractivity contribution is 5.65. The van der Waals surface area contributed by atoms with Gasteiger partial charge in [-0.05, 0) is 29.3 Å². The molecule has 0 aliphatic rings. The average molecular weight is 262 g/mol. The lowest BCUT2D eigenvalue weighted by molar-refractivity contribution is -0.137. The number of halogens is 3. The molecule has 3 aromatic rings. The van der Waals surface area contributed by atoms with Gasteiger partial charge < -0.3 is 4.40 Å². The van der Waals surface area contributed by atoms with E-state index in [1.165, 1.54) is 12.1 Å². The number of hydrogen-bond acceptors (Lipinski definition) is 1. The van der Waals surface area contributed by atoms with Crippen molar-refractivity contribution in [3.8, 4) is 11.1 Å². The summed E-state index contributed by atoms with van der Waals surface area (Å²) in [6.07, 6.45) is 0.914. The van der Waals surface area contributed by atoms with Crippen LogP contribution in [0.25, 0.3) is 16.6 Å². The molecule has 0 bridgehead atoms. The van der Waals surface area contributed by atoms with Gasteiger partial charge in [-0.2, -0.15) is 13.2 Å². The highest BCUT2D eigenvalue weighted by atomic mass is 19.4. The quantitative estimate of drug-likeness (QED) is 0.647. The molecule has 96 valence electrons. The molecule has 0 radical (unpaired) electrons. The zero-order valence-corrected chi connectivity index (χ0v) is 9.72. The Morgan fingerprint density at radius 1 is 0.895 bits per heavy atom. The zero-order chi connectivity index (χ0) is 13.5. The van der Waals surface area contributed by atoms with Gasteiger partial charge in [-0.25, -0.2) is 4.98 Å². The molecule has 19 heavy (non-hydrogen) atoms. The Labute approximate surface area is 107 Å². The second-order valence-electron chi connectivity index (χ2n) is 4.22. The number of benzene rings is 1. The molecule has 0 fully saturated rings. The van der Waals surface area contributed by atoms with E-state index in [-0.39, 0.29) is 0 Å². The Bertz CT molecular complexity index is 711. The van der Waals surface area contributed by atoms with Crippen LogP contribution in [0.3, 0.4) is 0 Å². The summed E-state index contributed by atoms with van der Waals surface area (Å²) < 4.78 is 39.3. The minimum Gasteiger partial charge on any atom is -0.306 e. The van der Waals surface area contributed by atoms with E-state index in [1.807, 2.05) is 22.7 Å². The van der Waals surface area contributed by atoms with Gasteiger partial charge in [0, 0.05) is 6.20 Å². The molecule has 0 unspecified atom stereocenters. The van der Waals surface area contributed by atoms with Gasteiger partial charge in [-0.3, -0.25) is 0 Å². The van der Waals surface area contributed by atoms with E-state index in [1.54, 1.807) is 12.5 Å². The fourth-order valence-corrected chi connectivity index (χ4v) is 1.94. The first-order valence-electron chi connectivity index (χ1n) is 5.63. The van der Waals surface area contributed by atoms with Gasteiger partial charge >= 0.3 is 6.18 Å². The summed E-state index contributed by atoms with van der Waals surface area (Å²) in [5, 5.41) is 0. The molecule has 0 saturated heterocycles. The lowest BCUT2D eigenvalue weighted by Crippen LogP contribution is -2.04. The summed E-state index contributed by atoms with van der Waals surface area (Å²) in [6.45, 7) is 0. The van der Waals surface area contributed by atoms with Crippen LogP contribution in [0, 0.1) is 0 Å². The Morgan fingerprint density at radius 2 is 1.58 bits per heavy atom. The minimum absolute atomic E-state index is 0.639. The lowest BCUT2D eigenvalue weighted by Gasteiger charge is -2.08. The van der Waals surface area contributed by atoms with Crippen molar-refractivity contribution in [2.24, 2.45) is 0 Å². The Morgan fingerprint density at radius 3 is 2.26 bits per heavy atom. The van der Waals surface area contributed by atoms with Gasteiger partial charge in [0.2, 0.25) is 0 Å². The molecule has 5 heteroatoms. The Balaban J connectivity index is 2.01. The van der Waals surface area contributed by atoms with Crippen LogP contribution in [0.15, 0.2) is 55.1 Å². The molecule has 0 spiro atoms. The monoisotopic (exact) mass is 262 g/mol. The summed E-state index contributed by atoms with van der Waals surface area (Å²) >= 11 is 0. The maximum atomic E-state index is 12.5. The van der Waals surface area contributed by atoms with E-state index >= 15 is 0 Å². The van der Waals surface area contributed by atoms with Crippen LogP contribution in [-0.4, -0.2) is 9.38 Å². The van der Waals surface area contributed by atoms with Crippen molar-refractivity contribution in [2.45, 2.75) is 6.18 Å². The molecule has 0 aliphatic heterocycles. The molecule has 1 aromatic carbocycles. The van der Waals surface area contributed by atoms with E-state index in [9.17, 15) is 13.2 Å². The van der Waals surface area contributed by atoms with E-state index in [2.05, 4.69) is 4.98 Å². The van der Waals surface area contributed by atoms with E-state index in [0.29, 0.717) is 0 Å². The highest BCUT2D eigenvalue weighted by Gasteiger charge is 2.29. The number of alkyl halides is 3. The summed E-state index contributed by atoms with van der Waals surface area (Å²) in [5.41, 5.74) is 1.89. The Hall–Kier alpha value is -2.30.